The van der Waals surface area contributed by atoms with Crippen LogP contribution in [0.25, 0.3) is 10.1 Å². The van der Waals surface area contributed by atoms with Crippen LogP contribution in [0.3, 0.4) is 0 Å². The molecule has 2 fully saturated rings. The summed E-state index contributed by atoms with van der Waals surface area (Å²) >= 11 is 2.06. The molecule has 2 heterocycles. The summed E-state index contributed by atoms with van der Waals surface area (Å²) in [5.41, 5.74) is 0.358. The Bertz CT molecular complexity index is 810. The molecule has 0 atom stereocenters. The van der Waals surface area contributed by atoms with Crippen molar-refractivity contribution in [1.29, 1.82) is 0 Å². The summed E-state index contributed by atoms with van der Waals surface area (Å²) in [6.45, 7) is 2.63. The number of carboxylic acids is 2. The second-order valence-electron chi connectivity index (χ2n) is 7.80. The van der Waals surface area contributed by atoms with Crippen molar-refractivity contribution in [3.05, 3.63) is 47.4 Å². The normalized spacial score (nSPS) is 19.6. The quantitative estimate of drug-likeness (QED) is 0.526. The van der Waals surface area contributed by atoms with Crippen LogP contribution in [0.4, 0.5) is 0 Å². The zero-order chi connectivity index (χ0) is 20.7. The molecule has 0 spiro atoms. The van der Waals surface area contributed by atoms with Crippen molar-refractivity contribution in [1.82, 2.24) is 4.90 Å². The number of fused-ring (bicyclic) bond motifs is 1. The summed E-state index contributed by atoms with van der Waals surface area (Å²) < 4.78 is 1.47. The Labute approximate surface area is 175 Å². The topological polar surface area (TPSA) is 77.8 Å². The van der Waals surface area contributed by atoms with Crippen LogP contribution in [0.1, 0.15) is 56.2 Å². The van der Waals surface area contributed by atoms with Gasteiger partial charge in [-0.3, -0.25) is 4.90 Å². The summed E-state index contributed by atoms with van der Waals surface area (Å²) in [7, 11) is 0. The van der Waals surface area contributed by atoms with Gasteiger partial charge in [-0.1, -0.05) is 43.9 Å². The molecule has 6 heteroatoms. The zero-order valence-corrected chi connectivity index (χ0v) is 17.5. The van der Waals surface area contributed by atoms with Crippen LogP contribution in [0, 0.1) is 0 Å². The monoisotopic (exact) mass is 415 g/mol. The van der Waals surface area contributed by atoms with E-state index in [1.807, 2.05) is 0 Å². The molecule has 29 heavy (non-hydrogen) atoms. The van der Waals surface area contributed by atoms with E-state index in [4.69, 9.17) is 10.2 Å². The first-order chi connectivity index (χ1) is 14.0. The Kier molecular flexibility index (Phi) is 7.45. The molecule has 1 aromatic carbocycles. The van der Waals surface area contributed by atoms with Gasteiger partial charge in [0.05, 0.1) is 5.54 Å². The van der Waals surface area contributed by atoms with Gasteiger partial charge in [0, 0.05) is 21.7 Å². The molecular formula is C23H29NO4S. The summed E-state index contributed by atoms with van der Waals surface area (Å²) in [5, 5.41) is 17.1. The van der Waals surface area contributed by atoms with Gasteiger partial charge >= 0.3 is 11.9 Å². The van der Waals surface area contributed by atoms with E-state index in [-0.39, 0.29) is 0 Å². The SMILES string of the molecule is O=C(O)/C=C/C(=O)O.c1ccc2sc(C3(N4CCCC4)CCCCCC3)cc2c1. The van der Waals surface area contributed by atoms with E-state index in [0.717, 1.165) is 0 Å². The Morgan fingerprint density at radius 1 is 0.897 bits per heavy atom. The molecule has 1 aliphatic carbocycles. The molecule has 0 radical (unpaired) electrons. The average Bonchev–Trinajstić information content (AvgIpc) is 3.33. The van der Waals surface area contributed by atoms with Gasteiger partial charge in [0.15, 0.2) is 0 Å². The largest absolute Gasteiger partial charge is 0.478 e. The number of likely N-dealkylation sites (tertiary alicyclic amines) is 1. The van der Waals surface area contributed by atoms with Crippen LogP contribution in [-0.2, 0) is 15.1 Å². The zero-order valence-electron chi connectivity index (χ0n) is 16.7. The van der Waals surface area contributed by atoms with Gasteiger partial charge in [0.1, 0.15) is 0 Å². The third-order valence-corrected chi connectivity index (χ3v) is 7.20. The molecule has 1 aromatic heterocycles. The number of nitrogens with zero attached hydrogens (tertiary/aromatic N) is 1. The minimum atomic E-state index is -1.26. The van der Waals surface area contributed by atoms with E-state index in [9.17, 15) is 9.59 Å². The predicted octanol–water partition coefficient (Wildman–Crippen LogP) is 5.26. The number of aliphatic carboxylic acids is 2. The first kappa shape index (κ1) is 21.5. The molecule has 156 valence electrons. The standard InChI is InChI=1S/C19H25NS.C4H4O4/c1-2-6-12-19(11-5-1,20-13-7-8-14-20)18-15-16-9-3-4-10-17(16)21-18;5-3(6)1-2-4(7)8/h3-4,9-10,15H,1-2,5-8,11-14H2;1-2H,(H,5,6)(H,7,8)/b;2-1+. The highest BCUT2D eigenvalue weighted by atomic mass is 32.1. The Morgan fingerprint density at radius 3 is 2.03 bits per heavy atom. The minimum Gasteiger partial charge on any atom is -0.478 e. The maximum atomic E-state index is 9.55. The summed E-state index contributed by atoms with van der Waals surface area (Å²) in [5.74, 6) is -2.51. The van der Waals surface area contributed by atoms with Crippen LogP contribution in [0.5, 0.6) is 0 Å². The molecule has 0 bridgehead atoms. The van der Waals surface area contributed by atoms with E-state index in [1.165, 1.54) is 74.5 Å². The molecule has 1 saturated carbocycles. The molecule has 1 aliphatic heterocycles. The summed E-state index contributed by atoms with van der Waals surface area (Å²) in [6.07, 6.45) is 12.3. The minimum absolute atomic E-state index is 0.358. The molecule has 0 amide bonds. The fraction of sp³-hybridized carbons (Fsp3) is 0.478. The van der Waals surface area contributed by atoms with Crippen LogP contribution in [0.2, 0.25) is 0 Å². The average molecular weight is 416 g/mol. The fourth-order valence-electron chi connectivity index (χ4n) is 4.53. The van der Waals surface area contributed by atoms with Crippen molar-refractivity contribution in [2.24, 2.45) is 0 Å². The van der Waals surface area contributed by atoms with Gasteiger partial charge in [-0.05, 0) is 56.3 Å². The van der Waals surface area contributed by atoms with Gasteiger partial charge in [-0.15, -0.1) is 11.3 Å². The number of hydrogen-bond acceptors (Lipinski definition) is 4. The Hall–Kier alpha value is -2.18. The third kappa shape index (κ3) is 5.46. The van der Waals surface area contributed by atoms with Crippen LogP contribution < -0.4 is 0 Å². The molecular weight excluding hydrogens is 386 g/mol. The molecule has 1 saturated heterocycles. The summed E-state index contributed by atoms with van der Waals surface area (Å²) in [6, 6.07) is 11.4. The number of rotatable bonds is 4. The van der Waals surface area contributed by atoms with E-state index in [1.54, 1.807) is 4.88 Å². The van der Waals surface area contributed by atoms with Crippen molar-refractivity contribution < 1.29 is 19.8 Å². The van der Waals surface area contributed by atoms with Crippen molar-refractivity contribution in [2.45, 2.75) is 56.9 Å². The van der Waals surface area contributed by atoms with E-state index in [2.05, 4.69) is 46.6 Å². The lowest BCUT2D eigenvalue weighted by molar-refractivity contribution is -0.134. The third-order valence-electron chi connectivity index (χ3n) is 5.89. The number of carboxylic acid groups (broad SMARTS) is 2. The maximum absolute atomic E-state index is 9.55. The molecule has 5 nitrogen and oxygen atoms in total. The second-order valence-corrected chi connectivity index (χ2v) is 8.88. The van der Waals surface area contributed by atoms with E-state index >= 15 is 0 Å². The van der Waals surface area contributed by atoms with Crippen molar-refractivity contribution in [3.8, 4) is 0 Å². The van der Waals surface area contributed by atoms with Gasteiger partial charge in [0.2, 0.25) is 0 Å². The number of carbonyl (C=O) groups is 2. The lowest BCUT2D eigenvalue weighted by Crippen LogP contribution is -2.43. The first-order valence-electron chi connectivity index (χ1n) is 10.4. The molecule has 0 unspecified atom stereocenters. The molecule has 2 N–H and O–H groups in total. The van der Waals surface area contributed by atoms with Gasteiger partial charge in [-0.25, -0.2) is 9.59 Å². The van der Waals surface area contributed by atoms with E-state index < -0.39 is 11.9 Å². The summed E-state index contributed by atoms with van der Waals surface area (Å²) in [4.78, 5) is 23.6. The molecule has 2 aliphatic rings. The molecule has 2 aromatic rings. The fourth-order valence-corrected chi connectivity index (χ4v) is 5.87. The number of thiophene rings is 1. The van der Waals surface area contributed by atoms with E-state index in [0.29, 0.717) is 17.7 Å². The maximum Gasteiger partial charge on any atom is 0.328 e. The van der Waals surface area contributed by atoms with Crippen LogP contribution in [-0.4, -0.2) is 40.1 Å². The highest BCUT2D eigenvalue weighted by Crippen LogP contribution is 2.46. The van der Waals surface area contributed by atoms with Crippen molar-refractivity contribution in [2.75, 3.05) is 13.1 Å². The lowest BCUT2D eigenvalue weighted by atomic mass is 9.86. The smallest absolute Gasteiger partial charge is 0.328 e. The molecule has 4 rings (SSSR count). The predicted molar refractivity (Wildman–Crippen MR) is 116 cm³/mol. The van der Waals surface area contributed by atoms with Crippen LogP contribution >= 0.6 is 11.3 Å². The number of hydrogen-bond donors (Lipinski definition) is 2. The lowest BCUT2D eigenvalue weighted by Gasteiger charge is -2.41. The van der Waals surface area contributed by atoms with Crippen molar-refractivity contribution in [3.63, 3.8) is 0 Å². The number of benzene rings is 1. The first-order valence-corrected chi connectivity index (χ1v) is 11.2. The van der Waals surface area contributed by atoms with Gasteiger partial charge in [-0.2, -0.15) is 0 Å². The Morgan fingerprint density at radius 2 is 1.48 bits per heavy atom. The van der Waals surface area contributed by atoms with Crippen molar-refractivity contribution >= 4 is 33.4 Å². The highest BCUT2D eigenvalue weighted by Gasteiger charge is 2.40. The van der Waals surface area contributed by atoms with Gasteiger partial charge in [0.25, 0.3) is 0 Å². The highest BCUT2D eigenvalue weighted by molar-refractivity contribution is 7.19. The van der Waals surface area contributed by atoms with Gasteiger partial charge < -0.3 is 10.2 Å². The van der Waals surface area contributed by atoms with Crippen LogP contribution in [0.15, 0.2) is 42.5 Å². The Balaban J connectivity index is 0.000000258. The second kappa shape index (κ2) is 10.0.